The van der Waals surface area contributed by atoms with Crippen LogP contribution in [0.1, 0.15) is 82.8 Å². The van der Waals surface area contributed by atoms with Crippen LogP contribution in [-0.2, 0) is 21.8 Å². The summed E-state index contributed by atoms with van der Waals surface area (Å²) in [5, 5.41) is 26.0. The van der Waals surface area contributed by atoms with E-state index in [1.807, 2.05) is 0 Å². The van der Waals surface area contributed by atoms with E-state index in [-0.39, 0.29) is 29.0 Å². The number of benzene rings is 1. The van der Waals surface area contributed by atoms with E-state index in [0.717, 1.165) is 50.7 Å². The minimum Gasteiger partial charge on any atom is -0.393 e. The zero-order valence-electron chi connectivity index (χ0n) is 24.6. The van der Waals surface area contributed by atoms with Crippen molar-refractivity contribution in [2.75, 3.05) is 6.61 Å². The fraction of sp³-hybridized carbons (Fsp3) is 0.710. The summed E-state index contributed by atoms with van der Waals surface area (Å²) in [5.74, 6) is 1.88. The van der Waals surface area contributed by atoms with E-state index in [2.05, 4.69) is 39.9 Å². The quantitative estimate of drug-likeness (QED) is 0.347. The lowest BCUT2D eigenvalue weighted by atomic mass is 9.45. The summed E-state index contributed by atoms with van der Waals surface area (Å²) in [6.07, 6.45) is 4.69. The SMILES string of the molecule is C[C@]12CC/C(=N\OCC(=O)NC(=O)NCc3ccc(C4(C(F)(F)F)N=N4)cc3)C[C@@H]1CC[C@@H]1[C@@H]2CC[C@]2(C)[C@@H](O)CC[C@@H]12. The molecule has 4 fully saturated rings. The van der Waals surface area contributed by atoms with Crippen LogP contribution in [0.2, 0.25) is 0 Å². The maximum absolute atomic E-state index is 13.1. The Bertz CT molecular complexity index is 1310. The fourth-order valence-corrected chi connectivity index (χ4v) is 8.98. The maximum atomic E-state index is 13.1. The molecule has 9 nitrogen and oxygen atoms in total. The number of urea groups is 1. The second kappa shape index (κ2) is 10.9. The van der Waals surface area contributed by atoms with E-state index in [1.54, 1.807) is 0 Å². The average molecular weight is 604 g/mol. The van der Waals surface area contributed by atoms with Gasteiger partial charge in [-0.25, -0.2) is 4.79 Å². The van der Waals surface area contributed by atoms with Gasteiger partial charge < -0.3 is 15.3 Å². The first kappa shape index (κ1) is 30.0. The second-order valence-electron chi connectivity index (χ2n) is 13.7. The molecule has 0 spiro atoms. The highest BCUT2D eigenvalue weighted by Crippen LogP contribution is 2.66. The van der Waals surface area contributed by atoms with Crippen LogP contribution in [0.5, 0.6) is 0 Å². The molecule has 0 unspecified atom stereocenters. The Labute approximate surface area is 249 Å². The van der Waals surface area contributed by atoms with E-state index in [0.29, 0.717) is 29.2 Å². The van der Waals surface area contributed by atoms with Crippen molar-refractivity contribution >= 4 is 17.6 Å². The number of carbonyl (C=O) groups excluding carboxylic acids is 2. The van der Waals surface area contributed by atoms with Crippen molar-refractivity contribution in [3.05, 3.63) is 35.4 Å². The van der Waals surface area contributed by atoms with Gasteiger partial charge in [0, 0.05) is 12.1 Å². The maximum Gasteiger partial charge on any atom is 0.442 e. The molecule has 1 aromatic rings. The first-order valence-corrected chi connectivity index (χ1v) is 15.4. The number of imide groups is 1. The lowest BCUT2D eigenvalue weighted by Gasteiger charge is -2.60. The van der Waals surface area contributed by atoms with Gasteiger partial charge >= 0.3 is 17.9 Å². The molecule has 7 atom stereocenters. The molecule has 4 saturated carbocycles. The summed E-state index contributed by atoms with van der Waals surface area (Å²) in [7, 11) is 0. The zero-order valence-corrected chi connectivity index (χ0v) is 24.6. The normalized spacial score (nSPS) is 36.7. The van der Waals surface area contributed by atoms with Crippen molar-refractivity contribution in [3.8, 4) is 0 Å². The highest BCUT2D eigenvalue weighted by atomic mass is 19.4. The second-order valence-corrected chi connectivity index (χ2v) is 13.7. The molecule has 1 aliphatic heterocycles. The van der Waals surface area contributed by atoms with Gasteiger partial charge in [-0.05, 0) is 97.9 Å². The standard InChI is InChI=1S/C31H40F3N5O4/c1-28-13-11-21(15-20(28)7-8-22-23-9-10-25(40)29(23,2)14-12-24(22)28)37-43-17-26(41)36-27(42)35-16-18-3-5-19(6-4-18)30(38-39-30)31(32,33)34/h3-6,20,22-25,40H,7-17H2,1-2H3,(H2,35,36,41,42)/b37-21+/t20-,22-,23-,24-,25-,28-,29-/m0/s1. The first-order valence-electron chi connectivity index (χ1n) is 15.4. The number of nitrogens with zero attached hydrogens (tertiary/aromatic N) is 3. The average Bonchev–Trinajstić information content (AvgIpc) is 3.73. The van der Waals surface area contributed by atoms with Crippen LogP contribution < -0.4 is 10.6 Å². The molecule has 12 heteroatoms. The summed E-state index contributed by atoms with van der Waals surface area (Å²) in [5.41, 5.74) is -0.735. The number of hydrogen-bond donors (Lipinski definition) is 3. The highest BCUT2D eigenvalue weighted by molar-refractivity contribution is 5.95. The van der Waals surface area contributed by atoms with Crippen LogP contribution in [0.25, 0.3) is 0 Å². The molecule has 1 heterocycles. The number of alkyl halides is 3. The number of nitrogens with one attached hydrogen (secondary N) is 2. The molecule has 3 N–H and O–H groups in total. The van der Waals surface area contributed by atoms with Crippen molar-refractivity contribution in [3.63, 3.8) is 0 Å². The van der Waals surface area contributed by atoms with Gasteiger partial charge in [-0.1, -0.05) is 43.3 Å². The Morgan fingerprint density at radius 2 is 1.74 bits per heavy atom. The van der Waals surface area contributed by atoms with Gasteiger partial charge in [0.15, 0.2) is 6.61 Å². The van der Waals surface area contributed by atoms with Crippen LogP contribution in [0, 0.1) is 34.5 Å². The van der Waals surface area contributed by atoms with Crippen molar-refractivity contribution < 1.29 is 32.7 Å². The number of fused-ring (bicyclic) bond motifs is 5. The van der Waals surface area contributed by atoms with Crippen LogP contribution in [-0.4, -0.2) is 41.6 Å². The monoisotopic (exact) mass is 603 g/mol. The topological polar surface area (TPSA) is 125 Å². The molecule has 0 radical (unpaired) electrons. The number of aliphatic hydroxyl groups excluding tert-OH is 1. The lowest BCUT2D eigenvalue weighted by Crippen LogP contribution is -2.54. The molecule has 43 heavy (non-hydrogen) atoms. The van der Waals surface area contributed by atoms with Crippen LogP contribution in [0.15, 0.2) is 39.6 Å². The lowest BCUT2D eigenvalue weighted by molar-refractivity contribution is -0.166. The number of carbonyl (C=O) groups is 2. The van der Waals surface area contributed by atoms with Gasteiger partial charge in [0.25, 0.3) is 5.91 Å². The van der Waals surface area contributed by atoms with E-state index in [4.69, 9.17) is 4.84 Å². The van der Waals surface area contributed by atoms with Crippen molar-refractivity contribution in [2.24, 2.45) is 49.9 Å². The fourth-order valence-electron chi connectivity index (χ4n) is 8.98. The van der Waals surface area contributed by atoms with Crippen molar-refractivity contribution in [1.29, 1.82) is 0 Å². The summed E-state index contributed by atoms with van der Waals surface area (Å²) in [4.78, 5) is 29.7. The molecular weight excluding hydrogens is 563 g/mol. The van der Waals surface area contributed by atoms with E-state index < -0.39 is 30.4 Å². The van der Waals surface area contributed by atoms with E-state index >= 15 is 0 Å². The summed E-state index contributed by atoms with van der Waals surface area (Å²) in [6.45, 7) is 4.38. The minimum atomic E-state index is -4.60. The van der Waals surface area contributed by atoms with Crippen molar-refractivity contribution in [1.82, 2.24) is 10.6 Å². The third-order valence-corrected chi connectivity index (χ3v) is 11.6. The molecule has 3 amide bonds. The molecule has 1 aromatic carbocycles. The van der Waals surface area contributed by atoms with Gasteiger partial charge in [-0.2, -0.15) is 13.2 Å². The molecule has 5 aliphatic rings. The summed E-state index contributed by atoms with van der Waals surface area (Å²) < 4.78 is 39.4. The first-order chi connectivity index (χ1) is 20.4. The smallest absolute Gasteiger partial charge is 0.393 e. The predicted molar refractivity (Wildman–Crippen MR) is 151 cm³/mol. The molecule has 234 valence electrons. The van der Waals surface area contributed by atoms with Crippen molar-refractivity contribution in [2.45, 2.75) is 96.1 Å². The van der Waals surface area contributed by atoms with Gasteiger partial charge in [-0.3, -0.25) is 10.1 Å². The molecular formula is C31H40F3N5O4. The minimum absolute atomic E-state index is 0.0123. The van der Waals surface area contributed by atoms with Crippen LogP contribution in [0.4, 0.5) is 18.0 Å². The number of amides is 3. The Kier molecular flexibility index (Phi) is 7.58. The highest BCUT2D eigenvalue weighted by Gasteiger charge is 2.65. The Morgan fingerprint density at radius 3 is 2.44 bits per heavy atom. The largest absolute Gasteiger partial charge is 0.442 e. The number of oxime groups is 1. The van der Waals surface area contributed by atoms with E-state index in [1.165, 1.54) is 37.1 Å². The zero-order chi connectivity index (χ0) is 30.6. The Hall–Kier alpha value is -3.02. The molecule has 0 aromatic heterocycles. The summed E-state index contributed by atoms with van der Waals surface area (Å²) in [6, 6.07) is 4.68. The predicted octanol–water partition coefficient (Wildman–Crippen LogP) is 5.97. The Balaban J connectivity index is 0.939. The summed E-state index contributed by atoms with van der Waals surface area (Å²) >= 11 is 0. The molecule has 0 bridgehead atoms. The molecule has 0 saturated heterocycles. The number of halogens is 3. The van der Waals surface area contributed by atoms with Crippen LogP contribution in [0.3, 0.4) is 0 Å². The van der Waals surface area contributed by atoms with E-state index in [9.17, 15) is 27.9 Å². The Morgan fingerprint density at radius 1 is 1.02 bits per heavy atom. The van der Waals surface area contributed by atoms with Gasteiger partial charge in [0.2, 0.25) is 0 Å². The third kappa shape index (κ3) is 5.33. The molecule has 4 aliphatic carbocycles. The van der Waals surface area contributed by atoms with Gasteiger partial charge in [0.1, 0.15) is 0 Å². The van der Waals surface area contributed by atoms with Crippen LogP contribution >= 0.6 is 0 Å². The number of aliphatic hydroxyl groups is 1. The number of hydrogen-bond acceptors (Lipinski definition) is 7. The van der Waals surface area contributed by atoms with Gasteiger partial charge in [-0.15, -0.1) is 10.2 Å². The third-order valence-electron chi connectivity index (χ3n) is 11.6. The molecule has 6 rings (SSSR count). The number of rotatable bonds is 6. The van der Waals surface area contributed by atoms with Gasteiger partial charge in [0.05, 0.1) is 11.8 Å².